The van der Waals surface area contributed by atoms with Crippen LogP contribution in [0, 0.1) is 0 Å². The van der Waals surface area contributed by atoms with Gasteiger partial charge in [0, 0.05) is 11.7 Å². The van der Waals surface area contributed by atoms with E-state index < -0.39 is 5.91 Å². The molecule has 1 rings (SSSR count). The smallest absolute Gasteiger partial charge is 0.250 e. The maximum atomic E-state index is 11.2. The number of primary amides is 1. The first-order chi connectivity index (χ1) is 8.58. The number of hydrogen-bond acceptors (Lipinski definition) is 2. The SMILES string of the molecule is CCCC(CCC)Nc1ccc(Cl)c(C(N)=O)c1. The molecule has 0 atom stereocenters. The minimum atomic E-state index is -0.494. The molecule has 4 heteroatoms. The normalized spacial score (nSPS) is 10.7. The van der Waals surface area contributed by atoms with Crippen LogP contribution in [0.25, 0.3) is 0 Å². The first-order valence-corrected chi connectivity index (χ1v) is 6.82. The molecule has 100 valence electrons. The highest BCUT2D eigenvalue weighted by molar-refractivity contribution is 6.33. The molecule has 3 N–H and O–H groups in total. The molecule has 0 aromatic heterocycles. The lowest BCUT2D eigenvalue weighted by molar-refractivity contribution is 0.100. The molecule has 0 radical (unpaired) electrons. The molecule has 1 aromatic carbocycles. The van der Waals surface area contributed by atoms with Crippen LogP contribution in [0.1, 0.15) is 49.9 Å². The Morgan fingerprint density at radius 2 is 1.94 bits per heavy atom. The van der Waals surface area contributed by atoms with Crippen molar-refractivity contribution < 1.29 is 4.79 Å². The number of hydrogen-bond donors (Lipinski definition) is 2. The molecular formula is C14H21ClN2O. The number of anilines is 1. The van der Waals surface area contributed by atoms with Crippen LogP contribution < -0.4 is 11.1 Å². The average Bonchev–Trinajstić information content (AvgIpc) is 2.32. The molecule has 1 aromatic rings. The monoisotopic (exact) mass is 268 g/mol. The fourth-order valence-electron chi connectivity index (χ4n) is 2.03. The van der Waals surface area contributed by atoms with E-state index in [2.05, 4.69) is 19.2 Å². The van der Waals surface area contributed by atoms with Gasteiger partial charge in [0.2, 0.25) is 5.91 Å². The van der Waals surface area contributed by atoms with Crippen molar-refractivity contribution in [3.05, 3.63) is 28.8 Å². The summed E-state index contributed by atoms with van der Waals surface area (Å²) in [5, 5.41) is 3.84. The molecule has 0 aliphatic heterocycles. The van der Waals surface area contributed by atoms with E-state index in [1.165, 1.54) is 0 Å². The molecule has 0 spiro atoms. The van der Waals surface area contributed by atoms with E-state index in [4.69, 9.17) is 17.3 Å². The standard InChI is InChI=1S/C14H21ClN2O/c1-3-5-10(6-4-2)17-11-7-8-13(15)12(9-11)14(16)18/h7-10,17H,3-6H2,1-2H3,(H2,16,18). The number of benzene rings is 1. The highest BCUT2D eigenvalue weighted by Crippen LogP contribution is 2.22. The molecule has 0 aliphatic carbocycles. The zero-order valence-electron chi connectivity index (χ0n) is 11.0. The molecule has 0 fully saturated rings. The third-order valence-electron chi connectivity index (χ3n) is 2.88. The van der Waals surface area contributed by atoms with Crippen LogP contribution in [0.2, 0.25) is 5.02 Å². The summed E-state index contributed by atoms with van der Waals surface area (Å²) in [7, 11) is 0. The first-order valence-electron chi connectivity index (χ1n) is 6.44. The summed E-state index contributed by atoms with van der Waals surface area (Å²) in [6, 6.07) is 5.75. The Morgan fingerprint density at radius 1 is 1.33 bits per heavy atom. The van der Waals surface area contributed by atoms with Gasteiger partial charge in [0.15, 0.2) is 0 Å². The molecule has 0 heterocycles. The second-order valence-corrected chi connectivity index (χ2v) is 4.88. The summed E-state index contributed by atoms with van der Waals surface area (Å²) in [6.45, 7) is 4.34. The number of amides is 1. The van der Waals surface area contributed by atoms with Gasteiger partial charge in [0.05, 0.1) is 10.6 Å². The number of nitrogens with one attached hydrogen (secondary N) is 1. The molecule has 0 bridgehead atoms. The molecular weight excluding hydrogens is 248 g/mol. The maximum absolute atomic E-state index is 11.2. The Hall–Kier alpha value is -1.22. The fourth-order valence-corrected chi connectivity index (χ4v) is 2.24. The van der Waals surface area contributed by atoms with Crippen LogP contribution in [-0.4, -0.2) is 11.9 Å². The molecule has 0 aliphatic rings. The highest BCUT2D eigenvalue weighted by Gasteiger charge is 2.10. The van der Waals surface area contributed by atoms with Gasteiger partial charge in [-0.1, -0.05) is 38.3 Å². The minimum Gasteiger partial charge on any atom is -0.382 e. The van der Waals surface area contributed by atoms with E-state index in [0.29, 0.717) is 16.6 Å². The van der Waals surface area contributed by atoms with Crippen LogP contribution in [-0.2, 0) is 0 Å². The van der Waals surface area contributed by atoms with Gasteiger partial charge in [-0.15, -0.1) is 0 Å². The Morgan fingerprint density at radius 3 is 2.44 bits per heavy atom. The second kappa shape index (κ2) is 7.27. The largest absolute Gasteiger partial charge is 0.382 e. The van der Waals surface area contributed by atoms with Crippen LogP contribution in [0.15, 0.2) is 18.2 Å². The Balaban J connectivity index is 2.82. The van der Waals surface area contributed by atoms with Gasteiger partial charge in [-0.05, 0) is 31.0 Å². The molecule has 0 saturated carbocycles. The average molecular weight is 269 g/mol. The Kier molecular flexibility index (Phi) is 5.99. The molecule has 0 unspecified atom stereocenters. The Labute approximate surface area is 114 Å². The summed E-state index contributed by atoms with van der Waals surface area (Å²) < 4.78 is 0. The summed E-state index contributed by atoms with van der Waals surface area (Å²) in [4.78, 5) is 11.2. The maximum Gasteiger partial charge on any atom is 0.250 e. The van der Waals surface area contributed by atoms with Gasteiger partial charge in [-0.25, -0.2) is 0 Å². The third kappa shape index (κ3) is 4.22. The van der Waals surface area contributed by atoms with E-state index in [9.17, 15) is 4.79 Å². The fraction of sp³-hybridized carbons (Fsp3) is 0.500. The molecule has 18 heavy (non-hydrogen) atoms. The summed E-state index contributed by atoms with van der Waals surface area (Å²) >= 11 is 5.92. The summed E-state index contributed by atoms with van der Waals surface area (Å²) in [5.41, 5.74) is 6.55. The van der Waals surface area contributed by atoms with Crippen LogP contribution in [0.5, 0.6) is 0 Å². The molecule has 0 saturated heterocycles. The van der Waals surface area contributed by atoms with Crippen molar-refractivity contribution in [2.75, 3.05) is 5.32 Å². The van der Waals surface area contributed by atoms with Crippen LogP contribution in [0.3, 0.4) is 0 Å². The zero-order chi connectivity index (χ0) is 13.5. The van der Waals surface area contributed by atoms with Gasteiger partial charge in [-0.2, -0.15) is 0 Å². The van der Waals surface area contributed by atoms with Crippen molar-refractivity contribution in [1.82, 2.24) is 0 Å². The number of carbonyl (C=O) groups is 1. The summed E-state index contributed by atoms with van der Waals surface area (Å²) in [6.07, 6.45) is 4.49. The van der Waals surface area contributed by atoms with Gasteiger partial charge in [-0.3, -0.25) is 4.79 Å². The quantitative estimate of drug-likeness (QED) is 0.790. The zero-order valence-corrected chi connectivity index (χ0v) is 11.8. The molecule has 1 amide bonds. The van der Waals surface area contributed by atoms with Crippen molar-refractivity contribution in [3.63, 3.8) is 0 Å². The number of carbonyl (C=O) groups excluding carboxylic acids is 1. The van der Waals surface area contributed by atoms with E-state index in [-0.39, 0.29) is 0 Å². The molecule has 3 nitrogen and oxygen atoms in total. The predicted molar refractivity (Wildman–Crippen MR) is 77.2 cm³/mol. The van der Waals surface area contributed by atoms with E-state index in [1.54, 1.807) is 12.1 Å². The van der Waals surface area contributed by atoms with Gasteiger partial charge in [0.1, 0.15) is 0 Å². The lowest BCUT2D eigenvalue weighted by atomic mass is 10.1. The van der Waals surface area contributed by atoms with Crippen molar-refractivity contribution in [1.29, 1.82) is 0 Å². The third-order valence-corrected chi connectivity index (χ3v) is 3.21. The van der Waals surface area contributed by atoms with E-state index in [0.717, 1.165) is 31.4 Å². The number of nitrogens with two attached hydrogens (primary N) is 1. The van der Waals surface area contributed by atoms with Gasteiger partial charge >= 0.3 is 0 Å². The van der Waals surface area contributed by atoms with E-state index >= 15 is 0 Å². The van der Waals surface area contributed by atoms with Gasteiger partial charge in [0.25, 0.3) is 0 Å². The summed E-state index contributed by atoms with van der Waals surface area (Å²) in [5.74, 6) is -0.494. The number of rotatable bonds is 7. The lowest BCUT2D eigenvalue weighted by Gasteiger charge is -2.19. The topological polar surface area (TPSA) is 55.1 Å². The van der Waals surface area contributed by atoms with Crippen LogP contribution >= 0.6 is 11.6 Å². The second-order valence-electron chi connectivity index (χ2n) is 4.48. The highest BCUT2D eigenvalue weighted by atomic mass is 35.5. The lowest BCUT2D eigenvalue weighted by Crippen LogP contribution is -2.19. The first kappa shape index (κ1) is 14.8. The van der Waals surface area contributed by atoms with E-state index in [1.807, 2.05) is 6.07 Å². The number of halogens is 1. The predicted octanol–water partition coefficient (Wildman–Crippen LogP) is 3.82. The van der Waals surface area contributed by atoms with Crippen molar-refractivity contribution in [3.8, 4) is 0 Å². The van der Waals surface area contributed by atoms with Gasteiger partial charge < -0.3 is 11.1 Å². The van der Waals surface area contributed by atoms with Crippen molar-refractivity contribution in [2.24, 2.45) is 5.73 Å². The van der Waals surface area contributed by atoms with Crippen molar-refractivity contribution in [2.45, 2.75) is 45.6 Å². The van der Waals surface area contributed by atoms with Crippen LogP contribution in [0.4, 0.5) is 5.69 Å². The minimum absolute atomic E-state index is 0.369. The Bertz CT molecular complexity index is 401. The van der Waals surface area contributed by atoms with Crippen molar-refractivity contribution >= 4 is 23.2 Å².